The van der Waals surface area contributed by atoms with Gasteiger partial charge in [-0.3, -0.25) is 4.79 Å². The Morgan fingerprint density at radius 3 is 2.42 bits per heavy atom. The van der Waals surface area contributed by atoms with Crippen LogP contribution in [0.25, 0.3) is 10.2 Å². The Morgan fingerprint density at radius 2 is 1.74 bits per heavy atom. The average molecular weight is 459 g/mol. The number of thiophene rings is 1. The molecule has 3 heterocycles. The fraction of sp³-hybridized carbons (Fsp3) is 0.409. The Hall–Kier alpha value is -2.36. The van der Waals surface area contributed by atoms with Crippen molar-refractivity contribution >= 4 is 37.5 Å². The van der Waals surface area contributed by atoms with Crippen LogP contribution in [-0.4, -0.2) is 41.7 Å². The number of benzene rings is 1. The number of piperidine rings is 1. The van der Waals surface area contributed by atoms with E-state index in [4.69, 9.17) is 0 Å². The lowest BCUT2D eigenvalue weighted by molar-refractivity contribution is 0.0954. The number of aryl methyl sites for hydroxylation is 3. The van der Waals surface area contributed by atoms with Gasteiger partial charge in [0.15, 0.2) is 0 Å². The minimum absolute atomic E-state index is 0.164. The monoisotopic (exact) mass is 458 g/mol. The van der Waals surface area contributed by atoms with Gasteiger partial charge in [0.05, 0.1) is 9.77 Å². The van der Waals surface area contributed by atoms with Crippen molar-refractivity contribution in [1.82, 2.24) is 19.6 Å². The minimum Gasteiger partial charge on any atom is -0.347 e. The molecule has 31 heavy (non-hydrogen) atoms. The van der Waals surface area contributed by atoms with Crippen molar-refractivity contribution in [2.75, 3.05) is 13.1 Å². The highest BCUT2D eigenvalue weighted by atomic mass is 32.2. The molecule has 2 aromatic heterocycles. The number of rotatable bonds is 5. The molecule has 0 unspecified atom stereocenters. The predicted molar refractivity (Wildman–Crippen MR) is 122 cm³/mol. The van der Waals surface area contributed by atoms with Crippen molar-refractivity contribution < 1.29 is 13.2 Å². The Morgan fingerprint density at radius 1 is 1.06 bits per heavy atom. The largest absolute Gasteiger partial charge is 0.347 e. The normalized spacial score (nSPS) is 15.3. The van der Waals surface area contributed by atoms with Crippen LogP contribution in [0, 0.1) is 20.8 Å². The van der Waals surface area contributed by atoms with E-state index in [0.29, 0.717) is 35.2 Å². The topological polar surface area (TPSA) is 92.3 Å². The summed E-state index contributed by atoms with van der Waals surface area (Å²) in [6.45, 7) is 7.17. The van der Waals surface area contributed by atoms with Crippen molar-refractivity contribution in [3.8, 4) is 0 Å². The van der Waals surface area contributed by atoms with E-state index < -0.39 is 10.0 Å². The highest BCUT2D eigenvalue weighted by molar-refractivity contribution is 7.89. The number of carbonyl (C=O) groups is 1. The fourth-order valence-electron chi connectivity index (χ4n) is 3.99. The van der Waals surface area contributed by atoms with Gasteiger partial charge in [0, 0.05) is 30.7 Å². The molecule has 7 nitrogen and oxygen atoms in total. The third kappa shape index (κ3) is 4.35. The number of sulfonamides is 1. The summed E-state index contributed by atoms with van der Waals surface area (Å²) >= 11 is 1.37. The van der Waals surface area contributed by atoms with E-state index in [1.165, 1.54) is 11.3 Å². The number of aromatic nitrogens is 2. The van der Waals surface area contributed by atoms with Gasteiger partial charge in [0.2, 0.25) is 10.0 Å². The molecule has 1 aromatic carbocycles. The molecule has 0 aliphatic carbocycles. The van der Waals surface area contributed by atoms with Gasteiger partial charge in [-0.05, 0) is 56.9 Å². The number of nitrogens with zero attached hydrogens (tertiary/aromatic N) is 3. The van der Waals surface area contributed by atoms with Crippen molar-refractivity contribution in [1.29, 1.82) is 0 Å². The zero-order valence-corrected chi connectivity index (χ0v) is 19.6. The number of hydrogen-bond acceptors (Lipinski definition) is 6. The average Bonchev–Trinajstić information content (AvgIpc) is 3.09. The number of fused-ring (bicyclic) bond motifs is 1. The van der Waals surface area contributed by atoms with Crippen LogP contribution in [0.15, 0.2) is 29.2 Å². The number of carbonyl (C=O) groups excluding carboxylic acids is 1. The summed E-state index contributed by atoms with van der Waals surface area (Å²) in [7, 11) is -3.45. The molecule has 1 N–H and O–H groups in total. The molecule has 1 fully saturated rings. The lowest BCUT2D eigenvalue weighted by Crippen LogP contribution is -2.35. The Kier molecular flexibility index (Phi) is 6.09. The van der Waals surface area contributed by atoms with Crippen LogP contribution >= 0.6 is 11.3 Å². The second kappa shape index (κ2) is 8.64. The highest BCUT2D eigenvalue weighted by Crippen LogP contribution is 2.31. The van der Waals surface area contributed by atoms with Crippen molar-refractivity contribution in [3.05, 3.63) is 51.8 Å². The standard InChI is InChI=1S/C22H26N4O3S2/c1-14-19-15(2)24-16(3)25-22(19)30-20(14)21(27)23-13-17-7-9-18(10-8-17)31(28,29)26-11-5-4-6-12-26/h7-10H,4-6,11-13H2,1-3H3,(H,23,27). The van der Waals surface area contributed by atoms with Gasteiger partial charge in [-0.25, -0.2) is 18.4 Å². The van der Waals surface area contributed by atoms with Gasteiger partial charge in [-0.2, -0.15) is 4.31 Å². The van der Waals surface area contributed by atoms with Gasteiger partial charge in [-0.1, -0.05) is 18.6 Å². The van der Waals surface area contributed by atoms with Gasteiger partial charge >= 0.3 is 0 Å². The molecule has 0 radical (unpaired) electrons. The highest BCUT2D eigenvalue weighted by Gasteiger charge is 2.25. The second-order valence-electron chi connectivity index (χ2n) is 7.88. The Balaban J connectivity index is 1.46. The number of nitrogens with one attached hydrogen (secondary N) is 1. The van der Waals surface area contributed by atoms with Crippen LogP contribution in [0.3, 0.4) is 0 Å². The lowest BCUT2D eigenvalue weighted by Gasteiger charge is -2.25. The molecule has 1 aliphatic rings. The molecule has 1 saturated heterocycles. The first kappa shape index (κ1) is 21.9. The lowest BCUT2D eigenvalue weighted by atomic mass is 10.1. The summed E-state index contributed by atoms with van der Waals surface area (Å²) in [6.07, 6.45) is 2.89. The maximum atomic E-state index is 12.8. The number of hydrogen-bond donors (Lipinski definition) is 1. The summed E-state index contributed by atoms with van der Waals surface area (Å²) in [5, 5.41) is 3.87. The van der Waals surface area contributed by atoms with Gasteiger partial charge in [-0.15, -0.1) is 11.3 Å². The molecule has 4 rings (SSSR count). The summed E-state index contributed by atoms with van der Waals surface area (Å²) < 4.78 is 27.1. The molecule has 0 bridgehead atoms. The van der Waals surface area contributed by atoms with Crippen LogP contribution in [-0.2, 0) is 16.6 Å². The fourth-order valence-corrected chi connectivity index (χ4v) is 6.70. The van der Waals surface area contributed by atoms with Crippen LogP contribution in [0.4, 0.5) is 0 Å². The van der Waals surface area contributed by atoms with Crippen molar-refractivity contribution in [2.24, 2.45) is 0 Å². The summed E-state index contributed by atoms with van der Waals surface area (Å²) in [4.78, 5) is 23.4. The Bertz CT molecular complexity index is 1230. The first-order valence-corrected chi connectivity index (χ1v) is 12.6. The van der Waals surface area contributed by atoms with E-state index in [9.17, 15) is 13.2 Å². The van der Waals surface area contributed by atoms with Gasteiger partial charge < -0.3 is 5.32 Å². The molecule has 9 heteroatoms. The van der Waals surface area contributed by atoms with Crippen LogP contribution < -0.4 is 5.32 Å². The first-order valence-electron chi connectivity index (χ1n) is 10.4. The van der Waals surface area contributed by atoms with Crippen molar-refractivity contribution in [2.45, 2.75) is 51.5 Å². The van der Waals surface area contributed by atoms with Crippen LogP contribution in [0.1, 0.15) is 51.6 Å². The van der Waals surface area contributed by atoms with E-state index >= 15 is 0 Å². The third-order valence-corrected chi connectivity index (χ3v) is 8.72. The summed E-state index contributed by atoms with van der Waals surface area (Å²) in [6, 6.07) is 6.76. The Labute approximate surface area is 186 Å². The SMILES string of the molecule is Cc1nc(C)c2c(C)c(C(=O)NCc3ccc(S(=O)(=O)N4CCCCC4)cc3)sc2n1. The summed E-state index contributed by atoms with van der Waals surface area (Å²) in [5.41, 5.74) is 2.61. The molecule has 1 aliphatic heterocycles. The first-order chi connectivity index (χ1) is 14.8. The van der Waals surface area contributed by atoms with E-state index in [1.54, 1.807) is 28.6 Å². The molecular weight excluding hydrogens is 432 g/mol. The molecule has 0 atom stereocenters. The molecule has 0 saturated carbocycles. The van der Waals surface area contributed by atoms with Gasteiger partial charge in [0.1, 0.15) is 10.7 Å². The smallest absolute Gasteiger partial charge is 0.261 e. The maximum absolute atomic E-state index is 12.8. The molecule has 164 valence electrons. The predicted octanol–water partition coefficient (Wildman–Crippen LogP) is 3.72. The zero-order valence-electron chi connectivity index (χ0n) is 17.9. The van der Waals surface area contributed by atoms with E-state index in [-0.39, 0.29) is 5.91 Å². The maximum Gasteiger partial charge on any atom is 0.261 e. The van der Waals surface area contributed by atoms with Crippen LogP contribution in [0.2, 0.25) is 0 Å². The van der Waals surface area contributed by atoms with Crippen LogP contribution in [0.5, 0.6) is 0 Å². The quantitative estimate of drug-likeness (QED) is 0.629. The van der Waals surface area contributed by atoms with E-state index in [0.717, 1.165) is 46.3 Å². The van der Waals surface area contributed by atoms with E-state index in [2.05, 4.69) is 15.3 Å². The minimum atomic E-state index is -3.45. The molecule has 1 amide bonds. The van der Waals surface area contributed by atoms with Crippen molar-refractivity contribution in [3.63, 3.8) is 0 Å². The van der Waals surface area contributed by atoms with Gasteiger partial charge in [0.25, 0.3) is 5.91 Å². The molecule has 0 spiro atoms. The zero-order chi connectivity index (χ0) is 22.2. The summed E-state index contributed by atoms with van der Waals surface area (Å²) in [5.74, 6) is 0.528. The third-order valence-electron chi connectivity index (χ3n) is 5.62. The second-order valence-corrected chi connectivity index (χ2v) is 10.8. The number of amides is 1. The van der Waals surface area contributed by atoms with E-state index in [1.807, 2.05) is 20.8 Å². The molecular formula is C22H26N4O3S2. The molecule has 3 aromatic rings.